The molecule has 1 aromatic rings. The van der Waals surface area contributed by atoms with Crippen molar-refractivity contribution in [2.24, 2.45) is 11.8 Å². The number of pyridine rings is 1. The van der Waals surface area contributed by atoms with E-state index in [9.17, 15) is 0 Å². The number of hydrogen-bond acceptors (Lipinski definition) is 3. The fraction of sp³-hybridized carbons (Fsp3) is 0.706. The lowest BCUT2D eigenvalue weighted by molar-refractivity contribution is 0.310. The summed E-state index contributed by atoms with van der Waals surface area (Å²) in [6.07, 6.45) is 7.28. The third kappa shape index (κ3) is 3.51. The maximum atomic E-state index is 4.57. The predicted octanol–water partition coefficient (Wildman–Crippen LogP) is 3.21. The quantitative estimate of drug-likeness (QED) is 0.893. The molecule has 0 radical (unpaired) electrons. The summed E-state index contributed by atoms with van der Waals surface area (Å²) < 4.78 is 0. The van der Waals surface area contributed by atoms with Crippen LogP contribution in [0.15, 0.2) is 18.3 Å². The number of aromatic nitrogens is 1. The molecule has 0 bridgehead atoms. The summed E-state index contributed by atoms with van der Waals surface area (Å²) in [5.41, 5.74) is 1.37. The van der Waals surface area contributed by atoms with Crippen molar-refractivity contribution in [3.05, 3.63) is 23.9 Å². The lowest BCUT2D eigenvalue weighted by Crippen LogP contribution is -2.35. The van der Waals surface area contributed by atoms with E-state index in [1.165, 1.54) is 37.1 Å². The Morgan fingerprint density at radius 2 is 2.00 bits per heavy atom. The van der Waals surface area contributed by atoms with Crippen LogP contribution in [-0.4, -0.2) is 24.1 Å². The monoisotopic (exact) mass is 273 g/mol. The van der Waals surface area contributed by atoms with Crippen molar-refractivity contribution in [2.45, 2.75) is 52.1 Å². The van der Waals surface area contributed by atoms with Crippen LogP contribution in [0.1, 0.15) is 45.1 Å². The molecule has 2 aliphatic rings. The van der Waals surface area contributed by atoms with E-state index in [0.29, 0.717) is 0 Å². The van der Waals surface area contributed by atoms with Crippen LogP contribution in [0.2, 0.25) is 0 Å². The lowest BCUT2D eigenvalue weighted by Gasteiger charge is -2.34. The normalized spacial score (nSPS) is 20.6. The summed E-state index contributed by atoms with van der Waals surface area (Å²) >= 11 is 0. The number of hydrogen-bond donors (Lipinski definition) is 1. The summed E-state index contributed by atoms with van der Waals surface area (Å²) in [5, 5.41) is 3.58. The van der Waals surface area contributed by atoms with Crippen LogP contribution in [0, 0.1) is 11.8 Å². The third-order valence-electron chi connectivity index (χ3n) is 4.79. The highest BCUT2D eigenvalue weighted by atomic mass is 15.2. The first-order chi connectivity index (χ1) is 9.72. The Balaban J connectivity index is 1.57. The van der Waals surface area contributed by atoms with Crippen LogP contribution in [0.3, 0.4) is 0 Å². The molecule has 2 fully saturated rings. The fourth-order valence-corrected chi connectivity index (χ4v) is 3.09. The largest absolute Gasteiger partial charge is 0.357 e. The Hall–Kier alpha value is -1.09. The van der Waals surface area contributed by atoms with Crippen LogP contribution < -0.4 is 10.2 Å². The highest BCUT2D eigenvalue weighted by Crippen LogP contribution is 2.27. The molecule has 0 spiro atoms. The number of rotatable bonds is 5. The highest BCUT2D eigenvalue weighted by molar-refractivity contribution is 5.41. The van der Waals surface area contributed by atoms with Gasteiger partial charge in [0.1, 0.15) is 5.82 Å². The van der Waals surface area contributed by atoms with Gasteiger partial charge < -0.3 is 10.2 Å². The van der Waals surface area contributed by atoms with Gasteiger partial charge >= 0.3 is 0 Å². The van der Waals surface area contributed by atoms with E-state index in [0.717, 1.165) is 37.5 Å². The van der Waals surface area contributed by atoms with Gasteiger partial charge in [0.25, 0.3) is 0 Å². The van der Waals surface area contributed by atoms with Crippen LogP contribution >= 0.6 is 0 Å². The molecule has 0 aromatic carbocycles. The molecule has 3 nitrogen and oxygen atoms in total. The van der Waals surface area contributed by atoms with Crippen molar-refractivity contribution in [2.75, 3.05) is 18.0 Å². The average molecular weight is 273 g/mol. The fourth-order valence-electron chi connectivity index (χ4n) is 3.09. The zero-order chi connectivity index (χ0) is 13.9. The van der Waals surface area contributed by atoms with E-state index in [1.54, 1.807) is 0 Å². The topological polar surface area (TPSA) is 28.2 Å². The molecule has 1 saturated heterocycles. The van der Waals surface area contributed by atoms with Crippen LogP contribution in [0.4, 0.5) is 5.82 Å². The van der Waals surface area contributed by atoms with Crippen molar-refractivity contribution in [3.8, 4) is 0 Å². The molecular formula is C17H27N3. The first-order valence-electron chi connectivity index (χ1n) is 8.15. The second-order valence-electron chi connectivity index (χ2n) is 6.75. The van der Waals surface area contributed by atoms with Gasteiger partial charge in [0.05, 0.1) is 0 Å². The lowest BCUT2D eigenvalue weighted by atomic mass is 9.87. The number of anilines is 1. The van der Waals surface area contributed by atoms with E-state index in [4.69, 9.17) is 0 Å². The summed E-state index contributed by atoms with van der Waals surface area (Å²) in [6.45, 7) is 8.01. The molecule has 3 rings (SSSR count). The standard InChI is InChI=1S/C17H27N3/c1-13(2)15-6-9-20(10-7-15)17-11-14(5-8-18-17)12-19-16-3-4-16/h5,8,11,13,15-16,19H,3-4,6-7,9-10,12H2,1-2H3. The molecular weight excluding hydrogens is 246 g/mol. The van der Waals surface area contributed by atoms with Gasteiger partial charge in [-0.1, -0.05) is 13.8 Å². The summed E-state index contributed by atoms with van der Waals surface area (Å²) in [4.78, 5) is 7.03. The highest BCUT2D eigenvalue weighted by Gasteiger charge is 2.23. The molecule has 1 aliphatic carbocycles. The Morgan fingerprint density at radius 3 is 2.65 bits per heavy atom. The van der Waals surface area contributed by atoms with Gasteiger partial charge in [-0.05, 0) is 55.2 Å². The van der Waals surface area contributed by atoms with E-state index < -0.39 is 0 Å². The summed E-state index contributed by atoms with van der Waals surface area (Å²) in [7, 11) is 0. The Bertz CT molecular complexity index is 432. The summed E-state index contributed by atoms with van der Waals surface area (Å²) in [6, 6.07) is 5.18. The minimum absolute atomic E-state index is 0.772. The maximum absolute atomic E-state index is 4.57. The second-order valence-corrected chi connectivity index (χ2v) is 6.75. The van der Waals surface area contributed by atoms with Gasteiger partial charge in [-0.3, -0.25) is 0 Å². The Morgan fingerprint density at radius 1 is 1.25 bits per heavy atom. The molecule has 0 unspecified atom stereocenters. The predicted molar refractivity (Wildman–Crippen MR) is 83.9 cm³/mol. The third-order valence-corrected chi connectivity index (χ3v) is 4.79. The van der Waals surface area contributed by atoms with Gasteiger partial charge in [0.2, 0.25) is 0 Å². The smallest absolute Gasteiger partial charge is 0.128 e. The molecule has 110 valence electrons. The molecule has 20 heavy (non-hydrogen) atoms. The van der Waals surface area contributed by atoms with Crippen LogP contribution in [0.25, 0.3) is 0 Å². The van der Waals surface area contributed by atoms with Gasteiger partial charge in [-0.2, -0.15) is 0 Å². The van der Waals surface area contributed by atoms with Gasteiger partial charge in [0.15, 0.2) is 0 Å². The molecule has 0 atom stereocenters. The van der Waals surface area contributed by atoms with E-state index in [-0.39, 0.29) is 0 Å². The molecule has 1 aliphatic heterocycles. The molecule has 1 aromatic heterocycles. The molecule has 2 heterocycles. The van der Waals surface area contributed by atoms with Crippen LogP contribution in [0.5, 0.6) is 0 Å². The first-order valence-corrected chi connectivity index (χ1v) is 8.15. The minimum atomic E-state index is 0.772. The van der Waals surface area contributed by atoms with Gasteiger partial charge in [-0.15, -0.1) is 0 Å². The Labute approximate surface area is 122 Å². The molecule has 3 heteroatoms. The minimum Gasteiger partial charge on any atom is -0.357 e. The number of piperidine rings is 1. The zero-order valence-corrected chi connectivity index (χ0v) is 12.8. The zero-order valence-electron chi connectivity index (χ0n) is 12.8. The Kier molecular flexibility index (Phi) is 4.25. The molecule has 1 N–H and O–H groups in total. The average Bonchev–Trinajstić information content (AvgIpc) is 3.30. The van der Waals surface area contributed by atoms with Crippen molar-refractivity contribution in [1.82, 2.24) is 10.3 Å². The molecule has 0 amide bonds. The van der Waals surface area contributed by atoms with E-state index in [2.05, 4.69) is 41.2 Å². The van der Waals surface area contributed by atoms with Crippen LogP contribution in [-0.2, 0) is 6.54 Å². The van der Waals surface area contributed by atoms with Crippen molar-refractivity contribution < 1.29 is 0 Å². The SMILES string of the molecule is CC(C)C1CCN(c2cc(CNC3CC3)ccn2)CC1. The second kappa shape index (κ2) is 6.13. The number of nitrogens with one attached hydrogen (secondary N) is 1. The van der Waals surface area contributed by atoms with Crippen molar-refractivity contribution in [1.29, 1.82) is 0 Å². The summed E-state index contributed by atoms with van der Waals surface area (Å²) in [5.74, 6) is 2.88. The van der Waals surface area contributed by atoms with Crippen molar-refractivity contribution >= 4 is 5.82 Å². The van der Waals surface area contributed by atoms with E-state index >= 15 is 0 Å². The van der Waals surface area contributed by atoms with E-state index in [1.807, 2.05) is 6.20 Å². The van der Waals surface area contributed by atoms with Crippen molar-refractivity contribution in [3.63, 3.8) is 0 Å². The first kappa shape index (κ1) is 13.9. The maximum Gasteiger partial charge on any atom is 0.128 e. The van der Waals surface area contributed by atoms with Gasteiger partial charge in [0, 0.05) is 31.9 Å². The number of nitrogens with zero attached hydrogens (tertiary/aromatic N) is 2. The van der Waals surface area contributed by atoms with Gasteiger partial charge in [-0.25, -0.2) is 4.98 Å². The molecule has 1 saturated carbocycles.